The van der Waals surface area contributed by atoms with Crippen molar-refractivity contribution in [1.29, 1.82) is 0 Å². The zero-order valence-electron chi connectivity index (χ0n) is 8.29. The van der Waals surface area contributed by atoms with Crippen LogP contribution in [0.3, 0.4) is 0 Å². The first kappa shape index (κ1) is 12.7. The summed E-state index contributed by atoms with van der Waals surface area (Å²) in [5, 5.41) is 0. The number of rotatable bonds is 5. The number of halogens is 3. The van der Waals surface area contributed by atoms with Crippen LogP contribution in [0, 0.1) is 0 Å². The molecule has 0 saturated carbocycles. The second-order valence-corrected chi connectivity index (χ2v) is 2.92. The maximum Gasteiger partial charge on any atom is 0.411 e. The lowest BCUT2D eigenvalue weighted by Gasteiger charge is -2.07. The number of nitrogen functional groups attached to an aromatic ring is 1. The van der Waals surface area contributed by atoms with Crippen molar-refractivity contribution in [3.63, 3.8) is 0 Å². The summed E-state index contributed by atoms with van der Waals surface area (Å²) in [6.07, 6.45) is -2.64. The molecule has 1 aromatic heterocycles. The zero-order valence-corrected chi connectivity index (χ0v) is 8.29. The Kier molecular flexibility index (Phi) is 4.44. The van der Waals surface area contributed by atoms with E-state index in [9.17, 15) is 13.2 Å². The highest BCUT2D eigenvalue weighted by atomic mass is 19.4. The van der Waals surface area contributed by atoms with Gasteiger partial charge in [0.05, 0.1) is 6.61 Å². The van der Waals surface area contributed by atoms with Crippen molar-refractivity contribution in [3.8, 4) is 0 Å². The first-order chi connectivity index (χ1) is 7.51. The van der Waals surface area contributed by atoms with Crippen LogP contribution in [0.4, 0.5) is 19.0 Å². The lowest BCUT2D eigenvalue weighted by atomic mass is 10.4. The SMILES string of the molecule is NNc1ccnc(CCOCC(F)(F)F)n1. The smallest absolute Gasteiger partial charge is 0.372 e. The Labute approximate surface area is 89.8 Å². The molecule has 0 aliphatic rings. The van der Waals surface area contributed by atoms with Crippen molar-refractivity contribution in [2.75, 3.05) is 18.6 Å². The average Bonchev–Trinajstić information content (AvgIpc) is 2.23. The number of hydrogen-bond acceptors (Lipinski definition) is 5. The number of ether oxygens (including phenoxy) is 1. The number of aromatic nitrogens is 2. The molecule has 16 heavy (non-hydrogen) atoms. The number of nitrogens with two attached hydrogens (primary N) is 1. The van der Waals surface area contributed by atoms with E-state index in [1.165, 1.54) is 6.20 Å². The van der Waals surface area contributed by atoms with Crippen LogP contribution in [0.1, 0.15) is 5.82 Å². The molecule has 0 aromatic carbocycles. The number of hydrazine groups is 1. The van der Waals surface area contributed by atoms with Crippen molar-refractivity contribution < 1.29 is 17.9 Å². The third-order valence-electron chi connectivity index (χ3n) is 1.59. The largest absolute Gasteiger partial charge is 0.411 e. The van der Waals surface area contributed by atoms with Gasteiger partial charge < -0.3 is 10.2 Å². The Hall–Kier alpha value is -1.41. The van der Waals surface area contributed by atoms with Crippen LogP contribution in [0.25, 0.3) is 0 Å². The lowest BCUT2D eigenvalue weighted by Crippen LogP contribution is -2.18. The summed E-state index contributed by atoms with van der Waals surface area (Å²) in [7, 11) is 0. The maximum atomic E-state index is 11.7. The normalized spacial score (nSPS) is 11.5. The van der Waals surface area contributed by atoms with Gasteiger partial charge in [-0.15, -0.1) is 0 Å². The number of anilines is 1. The molecular formula is C8H11F3N4O. The molecule has 0 radical (unpaired) electrons. The summed E-state index contributed by atoms with van der Waals surface area (Å²) in [5.74, 6) is 5.89. The van der Waals surface area contributed by atoms with Gasteiger partial charge >= 0.3 is 6.18 Å². The van der Waals surface area contributed by atoms with Gasteiger partial charge in [0.2, 0.25) is 0 Å². The van der Waals surface area contributed by atoms with Gasteiger partial charge in [0, 0.05) is 18.7 Å². The van der Waals surface area contributed by atoms with Gasteiger partial charge in [-0.05, 0) is 0 Å². The van der Waals surface area contributed by atoms with E-state index in [0.29, 0.717) is 11.6 Å². The number of nitrogens with zero attached hydrogens (tertiary/aromatic N) is 2. The topological polar surface area (TPSA) is 73.1 Å². The van der Waals surface area contributed by atoms with Gasteiger partial charge in [-0.1, -0.05) is 0 Å². The standard InChI is InChI=1S/C8H11F3N4O/c9-8(10,11)5-16-4-2-6-13-3-1-7(14-6)15-12/h1,3H,2,4-5,12H2,(H,13,14,15). The highest BCUT2D eigenvalue weighted by Gasteiger charge is 2.27. The van der Waals surface area contributed by atoms with Crippen molar-refractivity contribution in [3.05, 3.63) is 18.1 Å². The lowest BCUT2D eigenvalue weighted by molar-refractivity contribution is -0.173. The van der Waals surface area contributed by atoms with Gasteiger partial charge in [-0.25, -0.2) is 15.8 Å². The fraction of sp³-hybridized carbons (Fsp3) is 0.500. The molecule has 5 nitrogen and oxygen atoms in total. The quantitative estimate of drug-likeness (QED) is 0.451. The number of alkyl halides is 3. The molecule has 0 amide bonds. The Morgan fingerprint density at radius 1 is 1.44 bits per heavy atom. The van der Waals surface area contributed by atoms with E-state index in [1.807, 2.05) is 0 Å². The zero-order chi connectivity index (χ0) is 12.0. The first-order valence-corrected chi connectivity index (χ1v) is 4.44. The molecule has 0 saturated heterocycles. The minimum Gasteiger partial charge on any atom is -0.372 e. The third-order valence-corrected chi connectivity index (χ3v) is 1.59. The van der Waals surface area contributed by atoms with Gasteiger partial charge in [0.15, 0.2) is 0 Å². The van der Waals surface area contributed by atoms with E-state index in [0.717, 1.165) is 0 Å². The summed E-state index contributed by atoms with van der Waals surface area (Å²) >= 11 is 0. The minimum absolute atomic E-state index is 0.0897. The molecule has 0 atom stereocenters. The second kappa shape index (κ2) is 5.61. The van der Waals surface area contributed by atoms with Gasteiger partial charge in [0.1, 0.15) is 18.2 Å². The third kappa shape index (κ3) is 4.89. The molecule has 1 aromatic rings. The summed E-state index contributed by atoms with van der Waals surface area (Å²) in [4.78, 5) is 7.77. The molecular weight excluding hydrogens is 225 g/mol. The van der Waals surface area contributed by atoms with Crippen molar-refractivity contribution in [2.24, 2.45) is 5.84 Å². The van der Waals surface area contributed by atoms with Crippen molar-refractivity contribution >= 4 is 5.82 Å². The van der Waals surface area contributed by atoms with E-state index in [4.69, 9.17) is 5.84 Å². The maximum absolute atomic E-state index is 11.7. The van der Waals surface area contributed by atoms with E-state index in [2.05, 4.69) is 20.1 Å². The Balaban J connectivity index is 2.32. The van der Waals surface area contributed by atoms with E-state index >= 15 is 0 Å². The van der Waals surface area contributed by atoms with E-state index in [-0.39, 0.29) is 13.0 Å². The summed E-state index contributed by atoms with van der Waals surface area (Å²) in [5.41, 5.74) is 2.31. The van der Waals surface area contributed by atoms with Gasteiger partial charge in [0.25, 0.3) is 0 Å². The summed E-state index contributed by atoms with van der Waals surface area (Å²) < 4.78 is 39.6. The fourth-order valence-corrected chi connectivity index (χ4v) is 0.951. The monoisotopic (exact) mass is 236 g/mol. The van der Waals surface area contributed by atoms with Crippen LogP contribution in [-0.2, 0) is 11.2 Å². The molecule has 0 unspecified atom stereocenters. The molecule has 90 valence electrons. The van der Waals surface area contributed by atoms with Crippen molar-refractivity contribution in [1.82, 2.24) is 9.97 Å². The van der Waals surface area contributed by atoms with Gasteiger partial charge in [-0.2, -0.15) is 13.2 Å². The van der Waals surface area contributed by atoms with Crippen LogP contribution < -0.4 is 11.3 Å². The highest BCUT2D eigenvalue weighted by Crippen LogP contribution is 2.14. The summed E-state index contributed by atoms with van der Waals surface area (Å²) in [6.45, 7) is -1.35. The fourth-order valence-electron chi connectivity index (χ4n) is 0.951. The average molecular weight is 236 g/mol. The molecule has 3 N–H and O–H groups in total. The molecule has 0 aliphatic carbocycles. The Morgan fingerprint density at radius 2 is 2.19 bits per heavy atom. The molecule has 1 heterocycles. The molecule has 0 bridgehead atoms. The number of nitrogens with one attached hydrogen (secondary N) is 1. The number of hydrogen-bond donors (Lipinski definition) is 2. The van der Waals surface area contributed by atoms with Crippen LogP contribution in [0.2, 0.25) is 0 Å². The molecule has 0 spiro atoms. The predicted octanol–water partition coefficient (Wildman–Crippen LogP) is 0.884. The van der Waals surface area contributed by atoms with Crippen LogP contribution in [0.15, 0.2) is 12.3 Å². The predicted molar refractivity (Wildman–Crippen MR) is 50.4 cm³/mol. The van der Waals surface area contributed by atoms with E-state index < -0.39 is 12.8 Å². The molecule has 0 fully saturated rings. The van der Waals surface area contributed by atoms with E-state index in [1.54, 1.807) is 6.07 Å². The highest BCUT2D eigenvalue weighted by molar-refractivity contribution is 5.30. The molecule has 1 rings (SSSR count). The molecule has 8 heteroatoms. The Bertz CT molecular complexity index is 331. The van der Waals surface area contributed by atoms with Gasteiger partial charge in [-0.3, -0.25) is 0 Å². The van der Waals surface area contributed by atoms with Crippen LogP contribution in [0.5, 0.6) is 0 Å². The minimum atomic E-state index is -4.30. The Morgan fingerprint density at radius 3 is 2.81 bits per heavy atom. The second-order valence-electron chi connectivity index (χ2n) is 2.92. The molecule has 0 aliphatic heterocycles. The summed E-state index contributed by atoms with van der Waals surface area (Å²) in [6, 6.07) is 1.54. The van der Waals surface area contributed by atoms with Crippen LogP contribution >= 0.6 is 0 Å². The van der Waals surface area contributed by atoms with Crippen LogP contribution in [-0.4, -0.2) is 29.4 Å². The van der Waals surface area contributed by atoms with Crippen molar-refractivity contribution in [2.45, 2.75) is 12.6 Å². The first-order valence-electron chi connectivity index (χ1n) is 4.44.